The van der Waals surface area contributed by atoms with Crippen molar-refractivity contribution in [3.63, 3.8) is 0 Å². The molecule has 0 saturated heterocycles. The maximum absolute atomic E-state index is 14.3. The summed E-state index contributed by atoms with van der Waals surface area (Å²) in [6.45, 7) is 3.32. The quantitative estimate of drug-likeness (QED) is 0.279. The lowest BCUT2D eigenvalue weighted by atomic mass is 9.91. The largest absolute Gasteiger partial charge is 0.394 e. The molecule has 1 aliphatic heterocycles. The number of hydrogen-bond donors (Lipinski definition) is 4. The molecular formula is C19H19FIN3O4. The monoisotopic (exact) mass is 499 g/mol. The number of halogens is 2. The van der Waals surface area contributed by atoms with Gasteiger partial charge in [0.05, 0.1) is 35.7 Å². The fraction of sp³-hybridized carbons (Fsp3) is 0.263. The first-order chi connectivity index (χ1) is 13.2. The van der Waals surface area contributed by atoms with E-state index in [1.165, 1.54) is 12.1 Å². The summed E-state index contributed by atoms with van der Waals surface area (Å²) in [4.78, 5) is 29.8. The number of nitrogens with one attached hydrogen (secondary N) is 3. The molecule has 0 radical (unpaired) electrons. The topological polar surface area (TPSA) is 99.7 Å². The van der Waals surface area contributed by atoms with Gasteiger partial charge in [-0.15, -0.1) is 0 Å². The minimum absolute atomic E-state index is 0.0727. The predicted molar refractivity (Wildman–Crippen MR) is 110 cm³/mol. The third kappa shape index (κ3) is 4.10. The smallest absolute Gasteiger partial charge is 0.276 e. The highest BCUT2D eigenvalue weighted by atomic mass is 127. The third-order valence-corrected chi connectivity index (χ3v) is 4.98. The highest BCUT2D eigenvalue weighted by molar-refractivity contribution is 14.1. The normalized spacial score (nSPS) is 14.4. The van der Waals surface area contributed by atoms with Crippen LogP contribution in [0.2, 0.25) is 0 Å². The molecule has 0 spiro atoms. The fourth-order valence-electron chi connectivity index (χ4n) is 2.97. The molecule has 2 aromatic carbocycles. The van der Waals surface area contributed by atoms with Gasteiger partial charge in [0.15, 0.2) is 0 Å². The highest BCUT2D eigenvalue weighted by Gasteiger charge is 2.36. The molecule has 0 bridgehead atoms. The highest BCUT2D eigenvalue weighted by Crippen LogP contribution is 2.35. The molecule has 0 atom stereocenters. The minimum Gasteiger partial charge on any atom is -0.394 e. The summed E-state index contributed by atoms with van der Waals surface area (Å²) in [5.41, 5.74) is 3.26. The van der Waals surface area contributed by atoms with Gasteiger partial charge in [-0.3, -0.25) is 14.4 Å². The first kappa shape index (κ1) is 20.5. The Labute approximate surface area is 174 Å². The Morgan fingerprint density at radius 1 is 1.29 bits per heavy atom. The van der Waals surface area contributed by atoms with E-state index in [1.807, 2.05) is 36.4 Å². The molecule has 0 fully saturated rings. The van der Waals surface area contributed by atoms with Crippen molar-refractivity contribution in [2.24, 2.45) is 0 Å². The summed E-state index contributed by atoms with van der Waals surface area (Å²) in [5, 5.41) is 14.5. The zero-order valence-electron chi connectivity index (χ0n) is 15.2. The van der Waals surface area contributed by atoms with E-state index in [4.69, 9.17) is 9.94 Å². The van der Waals surface area contributed by atoms with E-state index in [1.54, 1.807) is 18.2 Å². The molecule has 0 saturated carbocycles. The van der Waals surface area contributed by atoms with E-state index in [9.17, 15) is 14.0 Å². The van der Waals surface area contributed by atoms with Gasteiger partial charge in [0.25, 0.3) is 11.8 Å². The number of benzene rings is 2. The van der Waals surface area contributed by atoms with Crippen molar-refractivity contribution >= 4 is 45.8 Å². The summed E-state index contributed by atoms with van der Waals surface area (Å²) in [5.74, 6) is -1.34. The van der Waals surface area contributed by atoms with Crippen LogP contribution in [0.5, 0.6) is 0 Å². The Hall–Kier alpha value is -2.24. The number of carbonyl (C=O) groups is 2. The van der Waals surface area contributed by atoms with Crippen LogP contribution < -0.4 is 16.1 Å². The lowest BCUT2D eigenvalue weighted by molar-refractivity contribution is 0.0169. The maximum atomic E-state index is 14.3. The van der Waals surface area contributed by atoms with Gasteiger partial charge < -0.3 is 15.7 Å². The number of aliphatic hydroxyl groups excluding tert-OH is 1. The van der Waals surface area contributed by atoms with Crippen LogP contribution in [0.4, 0.5) is 15.8 Å². The maximum Gasteiger partial charge on any atom is 0.276 e. The Balaban J connectivity index is 2.05. The molecule has 7 nitrogen and oxygen atoms in total. The van der Waals surface area contributed by atoms with Gasteiger partial charge in [-0.1, -0.05) is 0 Å². The van der Waals surface area contributed by atoms with Crippen molar-refractivity contribution in [3.05, 3.63) is 56.4 Å². The molecular weight excluding hydrogens is 480 g/mol. The number of fused-ring (bicyclic) bond motifs is 1. The van der Waals surface area contributed by atoms with Crippen LogP contribution in [0.15, 0.2) is 30.3 Å². The molecule has 1 aliphatic rings. The van der Waals surface area contributed by atoms with Crippen LogP contribution >= 0.6 is 22.6 Å². The van der Waals surface area contributed by atoms with Crippen molar-refractivity contribution in [1.82, 2.24) is 10.8 Å². The molecule has 3 rings (SSSR count). The van der Waals surface area contributed by atoms with Crippen LogP contribution in [0.3, 0.4) is 0 Å². The molecule has 148 valence electrons. The second kappa shape index (κ2) is 8.02. The van der Waals surface area contributed by atoms with Gasteiger partial charge in [-0.25, -0.2) is 9.87 Å². The zero-order chi connectivity index (χ0) is 20.5. The van der Waals surface area contributed by atoms with Gasteiger partial charge in [0.2, 0.25) is 0 Å². The second-order valence-electron chi connectivity index (χ2n) is 6.77. The van der Waals surface area contributed by atoms with Crippen LogP contribution in [-0.2, 0) is 10.4 Å². The third-order valence-electron chi connectivity index (χ3n) is 4.31. The lowest BCUT2D eigenvalue weighted by Gasteiger charge is -2.21. The molecule has 28 heavy (non-hydrogen) atoms. The summed E-state index contributed by atoms with van der Waals surface area (Å²) in [7, 11) is 0. The van der Waals surface area contributed by atoms with Crippen LogP contribution in [-0.4, -0.2) is 30.1 Å². The summed E-state index contributed by atoms with van der Waals surface area (Å²) in [6, 6.07) is 7.74. The number of carbonyl (C=O) groups excluding carboxylic acids is 2. The predicted octanol–water partition coefficient (Wildman–Crippen LogP) is 2.81. The van der Waals surface area contributed by atoms with Gasteiger partial charge >= 0.3 is 0 Å². The molecule has 0 aliphatic carbocycles. The molecule has 4 N–H and O–H groups in total. The average Bonchev–Trinajstić information content (AvgIpc) is 2.85. The van der Waals surface area contributed by atoms with Gasteiger partial charge in [0.1, 0.15) is 5.82 Å². The van der Waals surface area contributed by atoms with Gasteiger partial charge in [-0.05, 0) is 72.3 Å². The number of amides is 2. The molecule has 2 aromatic rings. The summed E-state index contributed by atoms with van der Waals surface area (Å²) < 4.78 is 15.0. The number of aliphatic hydroxyl groups is 1. The number of rotatable bonds is 6. The second-order valence-corrected chi connectivity index (χ2v) is 8.02. The number of anilines is 2. The molecule has 0 unspecified atom stereocenters. The lowest BCUT2D eigenvalue weighted by Crippen LogP contribution is -2.33. The molecule has 9 heteroatoms. The van der Waals surface area contributed by atoms with E-state index >= 15 is 0 Å². The first-order valence-electron chi connectivity index (χ1n) is 8.49. The molecule has 1 heterocycles. The minimum atomic E-state index is -0.653. The standard InChI is InChI=1S/C19H19FIN3O4/c1-19(2)13-8-12(18(27)24-28-6-5-25)16(9-11(13)17(26)23-19)22-15-4-3-10(21)7-14(15)20/h3-4,7-9,22,25H,5-6H2,1-2H3,(H,23,26)(H,24,27). The SMILES string of the molecule is CC1(C)NC(=O)c2cc(Nc3ccc(I)cc3F)c(C(=O)NOCCO)cc21. The van der Waals surface area contributed by atoms with Crippen LogP contribution in [0.25, 0.3) is 0 Å². The molecule has 2 amide bonds. The summed E-state index contributed by atoms with van der Waals surface area (Å²) >= 11 is 2.00. The molecule has 0 aromatic heterocycles. The van der Waals surface area contributed by atoms with Crippen molar-refractivity contribution in [2.45, 2.75) is 19.4 Å². The van der Waals surface area contributed by atoms with Crippen LogP contribution in [0, 0.1) is 9.39 Å². The number of hydrogen-bond acceptors (Lipinski definition) is 5. The van der Waals surface area contributed by atoms with Crippen molar-refractivity contribution in [1.29, 1.82) is 0 Å². The first-order valence-corrected chi connectivity index (χ1v) is 9.57. The van der Waals surface area contributed by atoms with Crippen LogP contribution in [0.1, 0.15) is 40.1 Å². The number of hydroxylamine groups is 1. The van der Waals surface area contributed by atoms with E-state index in [0.717, 1.165) is 3.57 Å². The Morgan fingerprint density at radius 3 is 2.71 bits per heavy atom. The average molecular weight is 499 g/mol. The van der Waals surface area contributed by atoms with E-state index in [2.05, 4.69) is 16.1 Å². The van der Waals surface area contributed by atoms with Crippen molar-refractivity contribution < 1.29 is 23.9 Å². The fourth-order valence-corrected chi connectivity index (χ4v) is 3.42. The van der Waals surface area contributed by atoms with Gasteiger partial charge in [-0.2, -0.15) is 0 Å². The van der Waals surface area contributed by atoms with Crippen molar-refractivity contribution in [2.75, 3.05) is 18.5 Å². The van der Waals surface area contributed by atoms with Crippen molar-refractivity contribution in [3.8, 4) is 0 Å². The Bertz CT molecular complexity index is 949. The van der Waals surface area contributed by atoms with E-state index in [-0.39, 0.29) is 36.1 Å². The zero-order valence-corrected chi connectivity index (χ0v) is 17.4. The Kier molecular flexibility index (Phi) is 5.87. The Morgan fingerprint density at radius 2 is 2.04 bits per heavy atom. The van der Waals surface area contributed by atoms with E-state index < -0.39 is 17.3 Å². The van der Waals surface area contributed by atoms with Gasteiger partial charge in [0, 0.05) is 9.13 Å². The van der Waals surface area contributed by atoms with E-state index in [0.29, 0.717) is 11.1 Å². The summed E-state index contributed by atoms with van der Waals surface area (Å²) in [6.07, 6.45) is 0.